The standard InChI is InChI=1S/C24H21N3O4/c1-30-16-10-11-17-18(14-21(26-20(17)13-16)19-9-6-12-25-19)23(28)27-22(24(29)31-2)15-7-4-3-5-8-15/h3-14,22,25H,1-2H3,(H,27,28). The molecule has 0 bridgehead atoms. The van der Waals surface area contributed by atoms with Gasteiger partial charge in [0.25, 0.3) is 5.91 Å². The van der Waals surface area contributed by atoms with Crippen LogP contribution in [0.15, 0.2) is 72.9 Å². The molecule has 0 fully saturated rings. The molecule has 0 aliphatic carbocycles. The summed E-state index contributed by atoms with van der Waals surface area (Å²) in [7, 11) is 2.87. The minimum atomic E-state index is -0.936. The van der Waals surface area contributed by atoms with Crippen molar-refractivity contribution in [3.63, 3.8) is 0 Å². The summed E-state index contributed by atoms with van der Waals surface area (Å²) in [6.07, 6.45) is 1.79. The molecule has 0 aliphatic rings. The first-order chi connectivity index (χ1) is 15.1. The van der Waals surface area contributed by atoms with Gasteiger partial charge in [0.1, 0.15) is 5.75 Å². The molecule has 7 heteroatoms. The van der Waals surface area contributed by atoms with Gasteiger partial charge in [0.15, 0.2) is 6.04 Å². The third-order valence-corrected chi connectivity index (χ3v) is 4.98. The van der Waals surface area contributed by atoms with Crippen LogP contribution in [-0.4, -0.2) is 36.1 Å². The van der Waals surface area contributed by atoms with Gasteiger partial charge < -0.3 is 19.8 Å². The maximum Gasteiger partial charge on any atom is 0.333 e. The Hall–Kier alpha value is -4.13. The molecule has 0 saturated carbocycles. The summed E-state index contributed by atoms with van der Waals surface area (Å²) in [6, 6.07) is 18.8. The molecular formula is C24H21N3O4. The normalized spacial score (nSPS) is 11.7. The number of amides is 1. The van der Waals surface area contributed by atoms with Gasteiger partial charge in [-0.2, -0.15) is 0 Å². The lowest BCUT2D eigenvalue weighted by Gasteiger charge is -2.18. The second-order valence-electron chi connectivity index (χ2n) is 6.86. The molecule has 1 unspecified atom stereocenters. The predicted octanol–water partition coefficient (Wildman–Crippen LogP) is 3.88. The van der Waals surface area contributed by atoms with Gasteiger partial charge in [-0.05, 0) is 35.9 Å². The maximum atomic E-state index is 13.4. The van der Waals surface area contributed by atoms with Crippen LogP contribution in [0, 0.1) is 0 Å². The van der Waals surface area contributed by atoms with Gasteiger partial charge in [-0.15, -0.1) is 0 Å². The summed E-state index contributed by atoms with van der Waals surface area (Å²) in [4.78, 5) is 33.5. The second-order valence-corrected chi connectivity index (χ2v) is 6.86. The van der Waals surface area contributed by atoms with Crippen molar-refractivity contribution in [2.24, 2.45) is 0 Å². The van der Waals surface area contributed by atoms with Crippen LogP contribution in [0.1, 0.15) is 22.0 Å². The Bertz CT molecular complexity index is 1220. The summed E-state index contributed by atoms with van der Waals surface area (Å²) in [5, 5.41) is 3.45. The molecule has 2 aromatic carbocycles. The quantitative estimate of drug-likeness (QED) is 0.466. The lowest BCUT2D eigenvalue weighted by Crippen LogP contribution is -2.34. The van der Waals surface area contributed by atoms with Crippen LogP contribution in [0.2, 0.25) is 0 Å². The van der Waals surface area contributed by atoms with Crippen LogP contribution in [-0.2, 0) is 9.53 Å². The van der Waals surface area contributed by atoms with Crippen molar-refractivity contribution in [2.75, 3.05) is 14.2 Å². The van der Waals surface area contributed by atoms with Gasteiger partial charge >= 0.3 is 5.97 Å². The number of pyridine rings is 1. The number of H-pyrrole nitrogens is 1. The number of esters is 1. The maximum absolute atomic E-state index is 13.4. The molecule has 7 nitrogen and oxygen atoms in total. The zero-order chi connectivity index (χ0) is 21.8. The van der Waals surface area contributed by atoms with Crippen LogP contribution in [0.5, 0.6) is 5.75 Å². The molecule has 0 saturated heterocycles. The highest BCUT2D eigenvalue weighted by molar-refractivity contribution is 6.08. The molecule has 2 heterocycles. The molecule has 156 valence electrons. The second kappa shape index (κ2) is 8.71. The van der Waals surface area contributed by atoms with Crippen molar-refractivity contribution in [2.45, 2.75) is 6.04 Å². The van der Waals surface area contributed by atoms with E-state index in [1.54, 1.807) is 61.8 Å². The number of benzene rings is 2. The number of nitrogens with zero attached hydrogens (tertiary/aromatic N) is 1. The van der Waals surface area contributed by atoms with E-state index in [1.807, 2.05) is 18.2 Å². The zero-order valence-electron chi connectivity index (χ0n) is 17.1. The topological polar surface area (TPSA) is 93.3 Å². The molecule has 0 spiro atoms. The highest BCUT2D eigenvalue weighted by Crippen LogP contribution is 2.27. The number of aromatic nitrogens is 2. The summed E-state index contributed by atoms with van der Waals surface area (Å²) in [5.74, 6) is -0.333. The smallest absolute Gasteiger partial charge is 0.333 e. The fraction of sp³-hybridized carbons (Fsp3) is 0.125. The number of carbonyl (C=O) groups is 2. The highest BCUT2D eigenvalue weighted by Gasteiger charge is 2.25. The Morgan fingerprint density at radius 2 is 1.81 bits per heavy atom. The van der Waals surface area contributed by atoms with Crippen LogP contribution >= 0.6 is 0 Å². The van der Waals surface area contributed by atoms with Gasteiger partial charge in [0, 0.05) is 17.6 Å². The Labute approximate surface area is 179 Å². The van der Waals surface area contributed by atoms with Crippen molar-refractivity contribution in [1.29, 1.82) is 0 Å². The van der Waals surface area contributed by atoms with Gasteiger partial charge in [0.2, 0.25) is 0 Å². The van der Waals surface area contributed by atoms with Crippen molar-refractivity contribution >= 4 is 22.8 Å². The van der Waals surface area contributed by atoms with Crippen molar-refractivity contribution < 1.29 is 19.1 Å². The number of methoxy groups -OCH3 is 2. The molecule has 4 rings (SSSR count). The molecule has 31 heavy (non-hydrogen) atoms. The molecule has 1 atom stereocenters. The zero-order valence-corrected chi connectivity index (χ0v) is 17.1. The number of ether oxygens (including phenoxy) is 2. The Morgan fingerprint density at radius 3 is 2.48 bits per heavy atom. The van der Waals surface area contributed by atoms with E-state index in [2.05, 4.69) is 15.3 Å². The molecule has 2 aromatic heterocycles. The number of carbonyl (C=O) groups excluding carboxylic acids is 2. The van der Waals surface area contributed by atoms with E-state index >= 15 is 0 Å². The third-order valence-electron chi connectivity index (χ3n) is 4.98. The first-order valence-corrected chi connectivity index (χ1v) is 9.67. The number of rotatable bonds is 6. The monoisotopic (exact) mass is 415 g/mol. The minimum Gasteiger partial charge on any atom is -0.497 e. The van der Waals surface area contributed by atoms with E-state index in [1.165, 1.54) is 7.11 Å². The van der Waals surface area contributed by atoms with Gasteiger partial charge in [-0.3, -0.25) is 4.79 Å². The first-order valence-electron chi connectivity index (χ1n) is 9.67. The summed E-state index contributed by atoms with van der Waals surface area (Å²) < 4.78 is 10.2. The van der Waals surface area contributed by atoms with Crippen LogP contribution in [0.25, 0.3) is 22.3 Å². The van der Waals surface area contributed by atoms with E-state index < -0.39 is 17.9 Å². The molecule has 0 aliphatic heterocycles. The van der Waals surface area contributed by atoms with E-state index in [0.29, 0.717) is 33.5 Å². The third kappa shape index (κ3) is 4.11. The summed E-state index contributed by atoms with van der Waals surface area (Å²) in [5.41, 5.74) is 3.00. The Kier molecular flexibility index (Phi) is 5.66. The number of hydrogen-bond donors (Lipinski definition) is 2. The van der Waals surface area contributed by atoms with Crippen LogP contribution in [0.4, 0.5) is 0 Å². The Morgan fingerprint density at radius 1 is 1.00 bits per heavy atom. The van der Waals surface area contributed by atoms with E-state index in [4.69, 9.17) is 9.47 Å². The van der Waals surface area contributed by atoms with E-state index in [-0.39, 0.29) is 0 Å². The average molecular weight is 415 g/mol. The van der Waals surface area contributed by atoms with E-state index in [0.717, 1.165) is 5.69 Å². The lowest BCUT2D eigenvalue weighted by molar-refractivity contribution is -0.143. The largest absolute Gasteiger partial charge is 0.497 e. The fourth-order valence-corrected chi connectivity index (χ4v) is 3.40. The first kappa shape index (κ1) is 20.2. The average Bonchev–Trinajstić information content (AvgIpc) is 3.36. The number of aromatic amines is 1. The van der Waals surface area contributed by atoms with Crippen LogP contribution in [0.3, 0.4) is 0 Å². The number of nitrogens with one attached hydrogen (secondary N) is 2. The number of hydrogen-bond acceptors (Lipinski definition) is 5. The highest BCUT2D eigenvalue weighted by atomic mass is 16.5. The fourth-order valence-electron chi connectivity index (χ4n) is 3.40. The van der Waals surface area contributed by atoms with Crippen molar-refractivity contribution in [3.8, 4) is 17.1 Å². The van der Waals surface area contributed by atoms with E-state index in [9.17, 15) is 9.59 Å². The SMILES string of the molecule is COC(=O)C(NC(=O)c1cc(-c2ccc[nH]2)nc2cc(OC)ccc12)c1ccccc1. The van der Waals surface area contributed by atoms with Gasteiger partial charge in [-0.25, -0.2) is 9.78 Å². The summed E-state index contributed by atoms with van der Waals surface area (Å²) >= 11 is 0. The van der Waals surface area contributed by atoms with Gasteiger partial charge in [0.05, 0.1) is 36.7 Å². The minimum absolute atomic E-state index is 0.391. The lowest BCUT2D eigenvalue weighted by atomic mass is 10.0. The predicted molar refractivity (Wildman–Crippen MR) is 117 cm³/mol. The molecular weight excluding hydrogens is 394 g/mol. The van der Waals surface area contributed by atoms with Gasteiger partial charge in [-0.1, -0.05) is 30.3 Å². The summed E-state index contributed by atoms with van der Waals surface area (Å²) in [6.45, 7) is 0. The Balaban J connectivity index is 1.79. The van der Waals surface area contributed by atoms with Crippen molar-refractivity contribution in [3.05, 3.63) is 84.1 Å². The number of fused-ring (bicyclic) bond motifs is 1. The molecule has 1 amide bonds. The molecule has 0 radical (unpaired) electrons. The molecule has 4 aromatic rings. The molecule has 2 N–H and O–H groups in total. The van der Waals surface area contributed by atoms with Crippen molar-refractivity contribution in [1.82, 2.24) is 15.3 Å². The van der Waals surface area contributed by atoms with Crippen LogP contribution < -0.4 is 10.1 Å².